The van der Waals surface area contributed by atoms with Gasteiger partial charge in [-0.25, -0.2) is 4.39 Å². The fourth-order valence-electron chi connectivity index (χ4n) is 2.18. The molecule has 3 N–H and O–H groups in total. The van der Waals surface area contributed by atoms with Gasteiger partial charge in [-0.2, -0.15) is 5.10 Å². The van der Waals surface area contributed by atoms with E-state index in [2.05, 4.69) is 10.5 Å². The van der Waals surface area contributed by atoms with Crippen LogP contribution in [0.4, 0.5) is 4.39 Å². The molecule has 1 aromatic heterocycles. The van der Waals surface area contributed by atoms with Crippen LogP contribution in [0.2, 0.25) is 0 Å². The van der Waals surface area contributed by atoms with Gasteiger partial charge in [-0.3, -0.25) is 16.0 Å². The van der Waals surface area contributed by atoms with E-state index in [1.54, 1.807) is 12.3 Å². The second-order valence-electron chi connectivity index (χ2n) is 4.60. The zero-order valence-corrected chi connectivity index (χ0v) is 11.6. The summed E-state index contributed by atoms with van der Waals surface area (Å²) in [6.07, 6.45) is 3.31. The number of nitrogens with zero attached hydrogens (tertiary/aromatic N) is 2. The van der Waals surface area contributed by atoms with Crippen LogP contribution in [0.3, 0.4) is 0 Å². The Bertz CT molecular complexity index is 570. The number of nitrogens with two attached hydrogens (primary N) is 1. The average molecular weight is 278 g/mol. The van der Waals surface area contributed by atoms with Crippen LogP contribution >= 0.6 is 0 Å². The molecule has 5 nitrogen and oxygen atoms in total. The van der Waals surface area contributed by atoms with Crippen LogP contribution in [-0.2, 0) is 13.5 Å². The Kier molecular flexibility index (Phi) is 4.70. The first-order chi connectivity index (χ1) is 9.65. The number of benzene rings is 1. The maximum absolute atomic E-state index is 13.7. The molecule has 1 unspecified atom stereocenters. The molecule has 0 aliphatic rings. The van der Waals surface area contributed by atoms with Gasteiger partial charge in [0.25, 0.3) is 0 Å². The van der Waals surface area contributed by atoms with Gasteiger partial charge in [0, 0.05) is 25.0 Å². The van der Waals surface area contributed by atoms with E-state index in [9.17, 15) is 4.39 Å². The number of aryl methyl sites for hydroxylation is 2. The van der Waals surface area contributed by atoms with Crippen molar-refractivity contribution in [1.29, 1.82) is 0 Å². The number of aromatic nitrogens is 2. The smallest absolute Gasteiger partial charge is 0.165 e. The average Bonchev–Trinajstić information content (AvgIpc) is 2.85. The molecule has 0 bridgehead atoms. The molecule has 0 aliphatic heterocycles. The minimum atomic E-state index is -0.384. The lowest BCUT2D eigenvalue weighted by Gasteiger charge is -2.17. The van der Waals surface area contributed by atoms with Crippen LogP contribution in [0.25, 0.3) is 0 Å². The monoisotopic (exact) mass is 278 g/mol. The minimum Gasteiger partial charge on any atom is -0.494 e. The van der Waals surface area contributed by atoms with Crippen LogP contribution in [0.1, 0.15) is 23.7 Å². The number of rotatable bonds is 6. The van der Waals surface area contributed by atoms with Gasteiger partial charge in [-0.05, 0) is 36.6 Å². The summed E-state index contributed by atoms with van der Waals surface area (Å²) in [5.41, 5.74) is 4.64. The summed E-state index contributed by atoms with van der Waals surface area (Å²) < 4.78 is 20.4. The summed E-state index contributed by atoms with van der Waals surface area (Å²) in [6, 6.07) is 6.72. The Labute approximate surface area is 117 Å². The van der Waals surface area contributed by atoms with Gasteiger partial charge in [0.1, 0.15) is 0 Å². The second-order valence-corrected chi connectivity index (χ2v) is 4.60. The molecule has 0 aliphatic carbocycles. The summed E-state index contributed by atoms with van der Waals surface area (Å²) in [5, 5.41) is 4.12. The molecule has 0 radical (unpaired) electrons. The first kappa shape index (κ1) is 14.5. The predicted octanol–water partition coefficient (Wildman–Crippen LogP) is 1.70. The molecule has 0 amide bonds. The number of hydrazine groups is 1. The number of hydrogen-bond donors (Lipinski definition) is 2. The molecule has 0 fully saturated rings. The summed E-state index contributed by atoms with van der Waals surface area (Å²) in [7, 11) is 3.34. The molecule has 0 saturated carbocycles. The lowest BCUT2D eigenvalue weighted by Crippen LogP contribution is -2.28. The standard InChI is InChI=1S/C14H19FN4O/c1-19-11(7-8-17-19)4-5-13(18-16)10-3-6-14(20-2)12(15)9-10/h3,6-9,13,18H,4-5,16H2,1-2H3. The van der Waals surface area contributed by atoms with Gasteiger partial charge in [0.15, 0.2) is 11.6 Å². The quantitative estimate of drug-likeness (QED) is 0.623. The SMILES string of the molecule is COc1ccc(C(CCc2ccnn2C)NN)cc1F. The van der Waals surface area contributed by atoms with Crippen molar-refractivity contribution in [3.05, 3.63) is 47.5 Å². The van der Waals surface area contributed by atoms with Crippen molar-refractivity contribution >= 4 is 0 Å². The van der Waals surface area contributed by atoms with Crippen molar-refractivity contribution in [2.75, 3.05) is 7.11 Å². The molecule has 2 rings (SSSR count). The van der Waals surface area contributed by atoms with Gasteiger partial charge < -0.3 is 4.74 Å². The number of ether oxygens (including phenoxy) is 1. The molecular weight excluding hydrogens is 259 g/mol. The highest BCUT2D eigenvalue weighted by Gasteiger charge is 2.13. The highest BCUT2D eigenvalue weighted by atomic mass is 19.1. The van der Waals surface area contributed by atoms with Gasteiger partial charge in [0.05, 0.1) is 7.11 Å². The zero-order valence-electron chi connectivity index (χ0n) is 11.6. The lowest BCUT2D eigenvalue weighted by molar-refractivity contribution is 0.385. The Morgan fingerprint density at radius 1 is 1.45 bits per heavy atom. The minimum absolute atomic E-state index is 0.120. The number of nitrogens with one attached hydrogen (secondary N) is 1. The molecule has 1 heterocycles. The van der Waals surface area contributed by atoms with E-state index in [0.717, 1.165) is 24.1 Å². The molecular formula is C14H19FN4O. The third-order valence-electron chi connectivity index (χ3n) is 3.39. The van der Waals surface area contributed by atoms with Gasteiger partial charge in [-0.15, -0.1) is 0 Å². The molecule has 2 aromatic rings. The van der Waals surface area contributed by atoms with E-state index in [4.69, 9.17) is 10.6 Å². The highest BCUT2D eigenvalue weighted by molar-refractivity contribution is 5.31. The van der Waals surface area contributed by atoms with Crippen LogP contribution in [-0.4, -0.2) is 16.9 Å². The van der Waals surface area contributed by atoms with Gasteiger partial charge >= 0.3 is 0 Å². The van der Waals surface area contributed by atoms with Crippen LogP contribution in [0, 0.1) is 5.82 Å². The van der Waals surface area contributed by atoms with E-state index in [-0.39, 0.29) is 17.6 Å². The van der Waals surface area contributed by atoms with Crippen LogP contribution in [0.5, 0.6) is 5.75 Å². The maximum Gasteiger partial charge on any atom is 0.165 e. The molecule has 6 heteroatoms. The Morgan fingerprint density at radius 2 is 2.25 bits per heavy atom. The summed E-state index contributed by atoms with van der Waals surface area (Å²) in [5.74, 6) is 5.43. The van der Waals surface area contributed by atoms with Crippen molar-refractivity contribution < 1.29 is 9.13 Å². The zero-order chi connectivity index (χ0) is 14.5. The number of methoxy groups -OCH3 is 1. The Balaban J connectivity index is 2.08. The van der Waals surface area contributed by atoms with Gasteiger partial charge in [0.2, 0.25) is 0 Å². The van der Waals surface area contributed by atoms with Crippen LogP contribution in [0.15, 0.2) is 30.5 Å². The van der Waals surface area contributed by atoms with Crippen LogP contribution < -0.4 is 16.0 Å². The van der Waals surface area contributed by atoms with Gasteiger partial charge in [-0.1, -0.05) is 6.07 Å². The fourth-order valence-corrected chi connectivity index (χ4v) is 2.18. The lowest BCUT2D eigenvalue weighted by atomic mass is 10.0. The number of halogens is 1. The van der Waals surface area contributed by atoms with Crippen molar-refractivity contribution in [2.24, 2.45) is 12.9 Å². The van der Waals surface area contributed by atoms with E-state index in [0.29, 0.717) is 0 Å². The third-order valence-corrected chi connectivity index (χ3v) is 3.39. The summed E-state index contributed by atoms with van der Waals surface area (Å²) in [6.45, 7) is 0. The topological polar surface area (TPSA) is 65.1 Å². The first-order valence-electron chi connectivity index (χ1n) is 6.42. The maximum atomic E-state index is 13.7. The molecule has 108 valence electrons. The molecule has 0 spiro atoms. The normalized spacial score (nSPS) is 12.4. The first-order valence-corrected chi connectivity index (χ1v) is 6.42. The predicted molar refractivity (Wildman–Crippen MR) is 74.5 cm³/mol. The number of hydrogen-bond acceptors (Lipinski definition) is 4. The van der Waals surface area contributed by atoms with E-state index < -0.39 is 0 Å². The van der Waals surface area contributed by atoms with E-state index in [1.165, 1.54) is 13.2 Å². The molecule has 1 atom stereocenters. The largest absolute Gasteiger partial charge is 0.494 e. The molecule has 0 saturated heterocycles. The van der Waals surface area contributed by atoms with E-state index >= 15 is 0 Å². The summed E-state index contributed by atoms with van der Waals surface area (Å²) in [4.78, 5) is 0. The second kappa shape index (κ2) is 6.49. The molecule has 20 heavy (non-hydrogen) atoms. The van der Waals surface area contributed by atoms with Crippen molar-refractivity contribution in [2.45, 2.75) is 18.9 Å². The summed E-state index contributed by atoms with van der Waals surface area (Å²) >= 11 is 0. The van der Waals surface area contributed by atoms with Crippen molar-refractivity contribution in [1.82, 2.24) is 15.2 Å². The molecule has 1 aromatic carbocycles. The highest BCUT2D eigenvalue weighted by Crippen LogP contribution is 2.24. The fraction of sp³-hybridized carbons (Fsp3) is 0.357. The van der Waals surface area contributed by atoms with E-state index in [1.807, 2.05) is 23.9 Å². The Hall–Kier alpha value is -1.92. The van der Waals surface area contributed by atoms with Crippen molar-refractivity contribution in [3.8, 4) is 5.75 Å². The Morgan fingerprint density at radius 3 is 2.80 bits per heavy atom. The third kappa shape index (κ3) is 3.15. The van der Waals surface area contributed by atoms with Crippen molar-refractivity contribution in [3.63, 3.8) is 0 Å².